The van der Waals surface area contributed by atoms with Crippen LogP contribution in [0, 0.1) is 11.8 Å². The predicted molar refractivity (Wildman–Crippen MR) is 75.0 cm³/mol. The van der Waals surface area contributed by atoms with E-state index in [9.17, 15) is 9.59 Å². The number of carboxylic acid groups (broad SMARTS) is 1. The van der Waals surface area contributed by atoms with Crippen molar-refractivity contribution in [1.29, 1.82) is 0 Å². The van der Waals surface area contributed by atoms with Crippen LogP contribution in [0.25, 0.3) is 0 Å². The standard InChI is InChI=1S/C16H11NO4/c1-21-16(20)13-7-4-11(5-8-13)2-3-12-6-9-14(15(18)19)17-10-12/h4-10H,1H3,(H,18,19). The molecule has 0 saturated carbocycles. The van der Waals surface area contributed by atoms with Gasteiger partial charge in [-0.05, 0) is 36.4 Å². The van der Waals surface area contributed by atoms with Crippen molar-refractivity contribution in [2.24, 2.45) is 0 Å². The average Bonchev–Trinajstić information content (AvgIpc) is 2.53. The van der Waals surface area contributed by atoms with Crippen LogP contribution in [0.5, 0.6) is 0 Å². The largest absolute Gasteiger partial charge is 0.477 e. The quantitative estimate of drug-likeness (QED) is 0.672. The molecule has 0 aliphatic rings. The van der Waals surface area contributed by atoms with Crippen molar-refractivity contribution in [3.8, 4) is 11.8 Å². The zero-order valence-electron chi connectivity index (χ0n) is 11.2. The molecule has 0 fully saturated rings. The summed E-state index contributed by atoms with van der Waals surface area (Å²) in [6.07, 6.45) is 1.40. The topological polar surface area (TPSA) is 76.5 Å². The van der Waals surface area contributed by atoms with Gasteiger partial charge in [0.1, 0.15) is 5.69 Å². The van der Waals surface area contributed by atoms with Crippen LogP contribution in [0.4, 0.5) is 0 Å². The number of carbonyl (C=O) groups excluding carboxylic acids is 1. The van der Waals surface area contributed by atoms with Gasteiger partial charge >= 0.3 is 11.9 Å². The Kier molecular flexibility index (Phi) is 4.32. The summed E-state index contributed by atoms with van der Waals surface area (Å²) in [4.78, 5) is 25.7. The van der Waals surface area contributed by atoms with Gasteiger partial charge in [0, 0.05) is 17.3 Å². The molecular weight excluding hydrogens is 270 g/mol. The molecule has 0 atom stereocenters. The molecule has 21 heavy (non-hydrogen) atoms. The number of aromatic nitrogens is 1. The van der Waals surface area contributed by atoms with Crippen LogP contribution >= 0.6 is 0 Å². The lowest BCUT2D eigenvalue weighted by atomic mass is 10.1. The van der Waals surface area contributed by atoms with E-state index in [0.29, 0.717) is 11.1 Å². The molecule has 1 heterocycles. The number of ether oxygens (including phenoxy) is 1. The normalized spacial score (nSPS) is 9.38. The molecule has 0 radical (unpaired) electrons. The van der Waals surface area contributed by atoms with E-state index in [-0.39, 0.29) is 5.69 Å². The molecule has 0 aliphatic carbocycles. The van der Waals surface area contributed by atoms with E-state index >= 15 is 0 Å². The third-order valence-electron chi connectivity index (χ3n) is 2.64. The summed E-state index contributed by atoms with van der Waals surface area (Å²) in [5.41, 5.74) is 1.76. The summed E-state index contributed by atoms with van der Waals surface area (Å²) in [6.45, 7) is 0. The maximum atomic E-state index is 11.3. The summed E-state index contributed by atoms with van der Waals surface area (Å²) in [5, 5.41) is 8.74. The molecule has 0 spiro atoms. The zero-order valence-corrected chi connectivity index (χ0v) is 11.2. The van der Waals surface area contributed by atoms with Gasteiger partial charge in [0.2, 0.25) is 0 Å². The number of nitrogens with zero attached hydrogens (tertiary/aromatic N) is 1. The molecule has 1 aromatic carbocycles. The Balaban J connectivity index is 2.15. The van der Waals surface area contributed by atoms with Crippen LogP contribution in [0.15, 0.2) is 42.6 Å². The van der Waals surface area contributed by atoms with Crippen molar-refractivity contribution < 1.29 is 19.4 Å². The molecule has 0 bridgehead atoms. The lowest BCUT2D eigenvalue weighted by Crippen LogP contribution is -2.00. The second kappa shape index (κ2) is 6.35. The first-order valence-corrected chi connectivity index (χ1v) is 6.00. The molecule has 5 heteroatoms. The van der Waals surface area contributed by atoms with Crippen LogP contribution in [0.3, 0.4) is 0 Å². The van der Waals surface area contributed by atoms with E-state index < -0.39 is 11.9 Å². The second-order valence-corrected chi connectivity index (χ2v) is 4.06. The molecule has 1 N–H and O–H groups in total. The summed E-state index contributed by atoms with van der Waals surface area (Å²) in [6, 6.07) is 9.65. The van der Waals surface area contributed by atoms with Crippen LogP contribution < -0.4 is 0 Å². The van der Waals surface area contributed by atoms with Crippen LogP contribution in [0.2, 0.25) is 0 Å². The Labute approximate surface area is 121 Å². The highest BCUT2D eigenvalue weighted by molar-refractivity contribution is 5.89. The highest BCUT2D eigenvalue weighted by Crippen LogP contribution is 2.05. The number of hydrogen-bond acceptors (Lipinski definition) is 4. The molecule has 0 aliphatic heterocycles. The first kappa shape index (κ1) is 14.3. The lowest BCUT2D eigenvalue weighted by molar-refractivity contribution is 0.0599. The van der Waals surface area contributed by atoms with Crippen LogP contribution in [-0.4, -0.2) is 29.1 Å². The minimum Gasteiger partial charge on any atom is -0.477 e. The maximum absolute atomic E-state index is 11.3. The van der Waals surface area contributed by atoms with E-state index in [1.165, 1.54) is 19.4 Å². The predicted octanol–water partition coefficient (Wildman–Crippen LogP) is 1.97. The number of aromatic carboxylic acids is 1. The summed E-state index contributed by atoms with van der Waals surface area (Å²) < 4.78 is 4.60. The van der Waals surface area contributed by atoms with Gasteiger partial charge in [0.05, 0.1) is 12.7 Å². The minimum absolute atomic E-state index is 0.0250. The van der Waals surface area contributed by atoms with Crippen molar-refractivity contribution in [2.45, 2.75) is 0 Å². The Morgan fingerprint density at radius 3 is 2.19 bits per heavy atom. The Hall–Kier alpha value is -3.13. The molecule has 0 unspecified atom stereocenters. The number of esters is 1. The molecule has 0 saturated heterocycles. The van der Waals surface area contributed by atoms with E-state index in [0.717, 1.165) is 5.56 Å². The number of pyridine rings is 1. The van der Waals surface area contributed by atoms with Crippen molar-refractivity contribution in [1.82, 2.24) is 4.98 Å². The number of rotatable bonds is 2. The molecule has 1 aromatic heterocycles. The highest BCUT2D eigenvalue weighted by Gasteiger charge is 2.03. The lowest BCUT2D eigenvalue weighted by Gasteiger charge is -1.98. The number of methoxy groups -OCH3 is 1. The summed E-state index contributed by atoms with van der Waals surface area (Å²) in [7, 11) is 1.32. The zero-order chi connectivity index (χ0) is 15.2. The Morgan fingerprint density at radius 2 is 1.67 bits per heavy atom. The molecule has 5 nitrogen and oxygen atoms in total. The molecule has 104 valence electrons. The maximum Gasteiger partial charge on any atom is 0.354 e. The van der Waals surface area contributed by atoms with Crippen molar-refractivity contribution in [2.75, 3.05) is 7.11 Å². The smallest absolute Gasteiger partial charge is 0.354 e. The fourth-order valence-electron chi connectivity index (χ4n) is 1.55. The van der Waals surface area contributed by atoms with Crippen molar-refractivity contribution >= 4 is 11.9 Å². The number of benzene rings is 1. The van der Waals surface area contributed by atoms with Gasteiger partial charge in [0.25, 0.3) is 0 Å². The van der Waals surface area contributed by atoms with E-state index in [1.807, 2.05) is 0 Å². The Bertz CT molecular complexity index is 722. The minimum atomic E-state index is -1.08. The van der Waals surface area contributed by atoms with Crippen LogP contribution in [0.1, 0.15) is 32.0 Å². The average molecular weight is 281 g/mol. The van der Waals surface area contributed by atoms with Gasteiger partial charge in [-0.25, -0.2) is 14.6 Å². The van der Waals surface area contributed by atoms with Gasteiger partial charge < -0.3 is 9.84 Å². The molecule has 2 aromatic rings. The van der Waals surface area contributed by atoms with E-state index in [1.54, 1.807) is 30.3 Å². The summed E-state index contributed by atoms with van der Waals surface area (Å²) in [5.74, 6) is 4.30. The van der Waals surface area contributed by atoms with E-state index in [2.05, 4.69) is 21.6 Å². The highest BCUT2D eigenvalue weighted by atomic mass is 16.5. The van der Waals surface area contributed by atoms with Crippen molar-refractivity contribution in [3.05, 3.63) is 65.0 Å². The van der Waals surface area contributed by atoms with Gasteiger partial charge in [-0.2, -0.15) is 0 Å². The molecule has 0 amide bonds. The number of carbonyl (C=O) groups is 2. The van der Waals surface area contributed by atoms with Gasteiger partial charge in [-0.1, -0.05) is 11.8 Å². The first-order valence-electron chi connectivity index (χ1n) is 6.00. The third-order valence-corrected chi connectivity index (χ3v) is 2.64. The van der Waals surface area contributed by atoms with Gasteiger partial charge in [0.15, 0.2) is 0 Å². The fourth-order valence-corrected chi connectivity index (χ4v) is 1.55. The van der Waals surface area contributed by atoms with Crippen molar-refractivity contribution in [3.63, 3.8) is 0 Å². The number of carboxylic acids is 1. The van der Waals surface area contributed by atoms with Gasteiger partial charge in [-0.3, -0.25) is 0 Å². The molecule has 2 rings (SSSR count). The van der Waals surface area contributed by atoms with Crippen LogP contribution in [-0.2, 0) is 4.74 Å². The first-order chi connectivity index (χ1) is 10.1. The fraction of sp³-hybridized carbons (Fsp3) is 0.0625. The Morgan fingerprint density at radius 1 is 1.05 bits per heavy atom. The van der Waals surface area contributed by atoms with Gasteiger partial charge in [-0.15, -0.1) is 0 Å². The summed E-state index contributed by atoms with van der Waals surface area (Å²) >= 11 is 0. The SMILES string of the molecule is COC(=O)c1ccc(C#Cc2ccc(C(=O)O)nc2)cc1. The van der Waals surface area contributed by atoms with E-state index in [4.69, 9.17) is 5.11 Å². The monoisotopic (exact) mass is 281 g/mol. The number of hydrogen-bond donors (Lipinski definition) is 1. The second-order valence-electron chi connectivity index (χ2n) is 4.06. The third kappa shape index (κ3) is 3.67. The molecular formula is C16H11NO4.